The summed E-state index contributed by atoms with van der Waals surface area (Å²) in [7, 11) is -3.86. The Morgan fingerprint density at radius 2 is 1.88 bits per heavy atom. The molecule has 2 aliphatic rings. The normalized spacial score (nSPS) is 21.5. The fourth-order valence-corrected chi connectivity index (χ4v) is 4.96. The number of benzene rings is 2. The Labute approximate surface area is 151 Å². The SMILES string of the molecule is N#Cc1ccccc1S(=O)(=O)NC1CC2C(=O)Nc3ccccc3N2C1. The minimum Gasteiger partial charge on any atom is -0.356 e. The van der Waals surface area contributed by atoms with Crippen molar-refractivity contribution in [2.75, 3.05) is 16.8 Å². The van der Waals surface area contributed by atoms with Gasteiger partial charge in [0.25, 0.3) is 0 Å². The molecule has 0 radical (unpaired) electrons. The first kappa shape index (κ1) is 16.6. The highest BCUT2D eigenvalue weighted by molar-refractivity contribution is 7.89. The van der Waals surface area contributed by atoms with Gasteiger partial charge in [-0.15, -0.1) is 0 Å². The fourth-order valence-electron chi connectivity index (χ4n) is 3.56. The third kappa shape index (κ3) is 2.71. The molecule has 2 aromatic rings. The molecule has 2 aromatic carbocycles. The maximum Gasteiger partial charge on any atom is 0.247 e. The van der Waals surface area contributed by atoms with Crippen molar-refractivity contribution in [3.8, 4) is 6.07 Å². The zero-order valence-electron chi connectivity index (χ0n) is 13.7. The lowest BCUT2D eigenvalue weighted by atomic mass is 10.1. The summed E-state index contributed by atoms with van der Waals surface area (Å²) in [5.74, 6) is -0.136. The Morgan fingerprint density at radius 3 is 2.69 bits per heavy atom. The molecule has 2 atom stereocenters. The summed E-state index contributed by atoms with van der Waals surface area (Å²) in [6.07, 6.45) is 0.369. The number of amides is 1. The molecule has 2 heterocycles. The largest absolute Gasteiger partial charge is 0.356 e. The van der Waals surface area contributed by atoms with Crippen LogP contribution < -0.4 is 14.9 Å². The fraction of sp³-hybridized carbons (Fsp3) is 0.222. The van der Waals surface area contributed by atoms with Crippen LogP contribution >= 0.6 is 0 Å². The molecule has 0 aliphatic carbocycles. The molecule has 132 valence electrons. The average molecular weight is 368 g/mol. The summed E-state index contributed by atoms with van der Waals surface area (Å²) in [6.45, 7) is 0.392. The van der Waals surface area contributed by atoms with Crippen LogP contribution in [-0.4, -0.2) is 33.0 Å². The lowest BCUT2D eigenvalue weighted by molar-refractivity contribution is -0.117. The van der Waals surface area contributed by atoms with Gasteiger partial charge in [0, 0.05) is 12.6 Å². The highest BCUT2D eigenvalue weighted by Gasteiger charge is 2.42. The highest BCUT2D eigenvalue weighted by atomic mass is 32.2. The van der Waals surface area contributed by atoms with Crippen LogP contribution in [0.2, 0.25) is 0 Å². The predicted molar refractivity (Wildman–Crippen MR) is 96.1 cm³/mol. The van der Waals surface area contributed by atoms with Crippen molar-refractivity contribution >= 4 is 27.3 Å². The molecule has 2 aliphatic heterocycles. The molecule has 2 unspecified atom stereocenters. The van der Waals surface area contributed by atoms with Crippen molar-refractivity contribution in [1.82, 2.24) is 4.72 Å². The number of para-hydroxylation sites is 2. The van der Waals surface area contributed by atoms with Gasteiger partial charge in [-0.05, 0) is 30.7 Å². The van der Waals surface area contributed by atoms with Gasteiger partial charge in [0.2, 0.25) is 15.9 Å². The van der Waals surface area contributed by atoms with Crippen LogP contribution in [0.4, 0.5) is 11.4 Å². The third-order valence-electron chi connectivity index (χ3n) is 4.69. The lowest BCUT2D eigenvalue weighted by Gasteiger charge is -2.32. The summed E-state index contributed by atoms with van der Waals surface area (Å²) in [4.78, 5) is 14.2. The van der Waals surface area contributed by atoms with Gasteiger partial charge in [0.05, 0.1) is 21.8 Å². The summed E-state index contributed by atoms with van der Waals surface area (Å²) in [6, 6.07) is 14.6. The first-order valence-corrected chi connectivity index (χ1v) is 9.66. The monoisotopic (exact) mass is 368 g/mol. The molecule has 4 rings (SSSR count). The van der Waals surface area contributed by atoms with Gasteiger partial charge in [-0.25, -0.2) is 13.1 Å². The maximum atomic E-state index is 12.7. The number of anilines is 2. The summed E-state index contributed by atoms with van der Waals surface area (Å²) in [5.41, 5.74) is 1.71. The number of sulfonamides is 1. The molecule has 1 saturated heterocycles. The molecule has 0 bridgehead atoms. The second-order valence-corrected chi connectivity index (χ2v) is 8.02. The van der Waals surface area contributed by atoms with Crippen molar-refractivity contribution < 1.29 is 13.2 Å². The van der Waals surface area contributed by atoms with Crippen molar-refractivity contribution in [3.05, 3.63) is 54.1 Å². The Kier molecular flexibility index (Phi) is 3.90. The Bertz CT molecular complexity index is 1030. The molecule has 26 heavy (non-hydrogen) atoms. The number of nitrogens with one attached hydrogen (secondary N) is 2. The number of fused-ring (bicyclic) bond motifs is 3. The van der Waals surface area contributed by atoms with Crippen molar-refractivity contribution in [2.45, 2.75) is 23.4 Å². The van der Waals surface area contributed by atoms with Crippen LogP contribution in [0.15, 0.2) is 53.4 Å². The van der Waals surface area contributed by atoms with E-state index in [1.54, 1.807) is 12.1 Å². The van der Waals surface area contributed by atoms with Gasteiger partial charge in [0.1, 0.15) is 12.1 Å². The zero-order valence-corrected chi connectivity index (χ0v) is 14.5. The number of rotatable bonds is 3. The molecular formula is C18H16N4O3S. The molecule has 0 spiro atoms. The minimum absolute atomic E-state index is 0.0442. The van der Waals surface area contributed by atoms with E-state index in [4.69, 9.17) is 5.26 Å². The standard InChI is InChI=1S/C18H16N4O3S/c19-10-12-5-1-4-8-17(12)26(24,25)21-13-9-16-18(23)20-14-6-2-3-7-15(14)22(16)11-13/h1-8,13,16,21H,9,11H2,(H,20,23). The Hall–Kier alpha value is -2.89. The van der Waals surface area contributed by atoms with E-state index in [9.17, 15) is 13.2 Å². The summed E-state index contributed by atoms with van der Waals surface area (Å²) < 4.78 is 28.1. The first-order chi connectivity index (χ1) is 12.5. The molecular weight excluding hydrogens is 352 g/mol. The van der Waals surface area contributed by atoms with E-state index < -0.39 is 22.1 Å². The number of carbonyl (C=O) groups is 1. The van der Waals surface area contributed by atoms with E-state index in [0.717, 1.165) is 11.4 Å². The van der Waals surface area contributed by atoms with Crippen molar-refractivity contribution in [2.24, 2.45) is 0 Å². The van der Waals surface area contributed by atoms with Crippen LogP contribution in [0.25, 0.3) is 0 Å². The first-order valence-electron chi connectivity index (χ1n) is 8.17. The average Bonchev–Trinajstić information content (AvgIpc) is 3.05. The molecule has 0 saturated carbocycles. The number of nitriles is 1. The quantitative estimate of drug-likeness (QED) is 0.853. The van der Waals surface area contributed by atoms with Gasteiger partial charge in [0.15, 0.2) is 0 Å². The van der Waals surface area contributed by atoms with Gasteiger partial charge < -0.3 is 10.2 Å². The van der Waals surface area contributed by atoms with E-state index in [-0.39, 0.29) is 16.4 Å². The highest BCUT2D eigenvalue weighted by Crippen LogP contribution is 2.36. The molecule has 8 heteroatoms. The van der Waals surface area contributed by atoms with Crippen molar-refractivity contribution in [3.63, 3.8) is 0 Å². The third-order valence-corrected chi connectivity index (χ3v) is 6.27. The number of hydrogen-bond acceptors (Lipinski definition) is 5. The van der Waals surface area contributed by atoms with Gasteiger partial charge in [-0.2, -0.15) is 5.26 Å². The van der Waals surface area contributed by atoms with E-state index in [0.29, 0.717) is 13.0 Å². The molecule has 0 aromatic heterocycles. The number of nitrogens with zero attached hydrogens (tertiary/aromatic N) is 2. The second kappa shape index (κ2) is 6.12. The molecule has 1 fully saturated rings. The molecule has 2 N–H and O–H groups in total. The van der Waals surface area contributed by atoms with E-state index in [1.807, 2.05) is 35.2 Å². The van der Waals surface area contributed by atoms with E-state index >= 15 is 0 Å². The van der Waals surface area contributed by atoms with Crippen LogP contribution in [0, 0.1) is 11.3 Å². The summed E-state index contributed by atoms with van der Waals surface area (Å²) in [5, 5.41) is 12.0. The van der Waals surface area contributed by atoms with E-state index in [1.165, 1.54) is 12.1 Å². The number of hydrogen-bond donors (Lipinski definition) is 2. The lowest BCUT2D eigenvalue weighted by Crippen LogP contribution is -2.44. The second-order valence-electron chi connectivity index (χ2n) is 6.34. The zero-order chi connectivity index (χ0) is 18.3. The van der Waals surface area contributed by atoms with E-state index in [2.05, 4.69) is 10.0 Å². The van der Waals surface area contributed by atoms with Crippen LogP contribution in [0.3, 0.4) is 0 Å². The Morgan fingerprint density at radius 1 is 1.15 bits per heavy atom. The predicted octanol–water partition coefficient (Wildman–Crippen LogP) is 1.44. The summed E-state index contributed by atoms with van der Waals surface area (Å²) >= 11 is 0. The topological polar surface area (TPSA) is 102 Å². The van der Waals surface area contributed by atoms with Gasteiger partial charge >= 0.3 is 0 Å². The van der Waals surface area contributed by atoms with Gasteiger partial charge in [-0.3, -0.25) is 4.79 Å². The maximum absolute atomic E-state index is 12.7. The van der Waals surface area contributed by atoms with Crippen LogP contribution in [0.1, 0.15) is 12.0 Å². The minimum atomic E-state index is -3.86. The Balaban J connectivity index is 1.60. The smallest absolute Gasteiger partial charge is 0.247 e. The number of carbonyl (C=O) groups excluding carboxylic acids is 1. The van der Waals surface area contributed by atoms with Crippen molar-refractivity contribution in [1.29, 1.82) is 5.26 Å². The molecule has 1 amide bonds. The van der Waals surface area contributed by atoms with Crippen LogP contribution in [-0.2, 0) is 14.8 Å². The molecule has 7 nitrogen and oxygen atoms in total. The van der Waals surface area contributed by atoms with Gasteiger partial charge in [-0.1, -0.05) is 24.3 Å². The van der Waals surface area contributed by atoms with Crippen LogP contribution in [0.5, 0.6) is 0 Å².